The van der Waals surface area contributed by atoms with Crippen molar-refractivity contribution in [3.8, 4) is 11.5 Å². The van der Waals surface area contributed by atoms with Gasteiger partial charge in [0.25, 0.3) is 0 Å². The topological polar surface area (TPSA) is 43.6 Å². The third-order valence-electron chi connectivity index (χ3n) is 2.37. The molecule has 0 spiro atoms. The van der Waals surface area contributed by atoms with E-state index in [-0.39, 0.29) is 11.2 Å². The Morgan fingerprint density at radius 2 is 1.89 bits per heavy atom. The van der Waals surface area contributed by atoms with Gasteiger partial charge in [0.15, 0.2) is 11.6 Å². The molecule has 0 aromatic carbocycles. The van der Waals surface area contributed by atoms with Gasteiger partial charge in [-0.1, -0.05) is 0 Å². The maximum absolute atomic E-state index is 13.7. The molecule has 0 atom stereocenters. The lowest BCUT2D eigenvalue weighted by atomic mass is 10.1. The van der Waals surface area contributed by atoms with Crippen LogP contribution in [0.1, 0.15) is 26.6 Å². The van der Waals surface area contributed by atoms with E-state index >= 15 is 0 Å². The number of nitrogens with zero attached hydrogens (tertiary/aromatic N) is 4. The minimum absolute atomic E-state index is 0.00641. The van der Waals surface area contributed by atoms with Crippen LogP contribution in [0.2, 0.25) is 0 Å². The zero-order valence-corrected chi connectivity index (χ0v) is 10.7. The summed E-state index contributed by atoms with van der Waals surface area (Å²) in [7, 11) is 0. The Bertz CT molecular complexity index is 584. The number of rotatable bonds is 1. The largest absolute Gasteiger partial charge is 0.247 e. The fourth-order valence-electron chi connectivity index (χ4n) is 1.62. The van der Waals surface area contributed by atoms with Gasteiger partial charge in [0.05, 0.1) is 11.7 Å². The van der Waals surface area contributed by atoms with Crippen molar-refractivity contribution in [3.05, 3.63) is 29.7 Å². The van der Waals surface area contributed by atoms with Crippen molar-refractivity contribution < 1.29 is 8.78 Å². The van der Waals surface area contributed by atoms with Gasteiger partial charge >= 0.3 is 0 Å². The molecular weight excluding hydrogens is 238 g/mol. The van der Waals surface area contributed by atoms with Crippen LogP contribution in [0.15, 0.2) is 12.3 Å². The van der Waals surface area contributed by atoms with E-state index in [9.17, 15) is 8.78 Å². The van der Waals surface area contributed by atoms with Crippen LogP contribution in [0.4, 0.5) is 8.78 Å². The van der Waals surface area contributed by atoms with Gasteiger partial charge < -0.3 is 0 Å². The molecule has 0 saturated heterocycles. The van der Waals surface area contributed by atoms with Crippen LogP contribution in [0, 0.1) is 18.6 Å². The Labute approximate surface area is 104 Å². The average molecular weight is 252 g/mol. The summed E-state index contributed by atoms with van der Waals surface area (Å²) < 4.78 is 28.2. The van der Waals surface area contributed by atoms with Crippen LogP contribution < -0.4 is 0 Å². The molecule has 0 N–H and O–H groups in total. The van der Waals surface area contributed by atoms with E-state index in [1.54, 1.807) is 11.6 Å². The van der Waals surface area contributed by atoms with Crippen molar-refractivity contribution in [2.45, 2.75) is 33.2 Å². The van der Waals surface area contributed by atoms with Crippen LogP contribution in [0.5, 0.6) is 0 Å². The van der Waals surface area contributed by atoms with Crippen molar-refractivity contribution in [1.29, 1.82) is 0 Å². The molecule has 96 valence electrons. The average Bonchev–Trinajstić information content (AvgIpc) is 2.59. The molecule has 0 unspecified atom stereocenters. The second-order valence-electron chi connectivity index (χ2n) is 5.05. The molecule has 2 heterocycles. The number of aryl methyl sites for hydroxylation is 1. The zero-order valence-electron chi connectivity index (χ0n) is 10.7. The van der Waals surface area contributed by atoms with Gasteiger partial charge in [-0.2, -0.15) is 5.10 Å². The van der Waals surface area contributed by atoms with E-state index in [2.05, 4.69) is 15.1 Å². The molecule has 2 aromatic heterocycles. The monoisotopic (exact) mass is 252 g/mol. The van der Waals surface area contributed by atoms with Crippen molar-refractivity contribution in [1.82, 2.24) is 19.7 Å². The van der Waals surface area contributed by atoms with Crippen molar-refractivity contribution in [3.63, 3.8) is 0 Å². The summed E-state index contributed by atoms with van der Waals surface area (Å²) in [5, 5.41) is 4.23. The minimum atomic E-state index is -0.743. The Hall–Kier alpha value is -1.85. The van der Waals surface area contributed by atoms with Crippen LogP contribution in [0.3, 0.4) is 0 Å². The van der Waals surface area contributed by atoms with E-state index in [0.29, 0.717) is 11.6 Å². The van der Waals surface area contributed by atoms with Crippen LogP contribution >= 0.6 is 0 Å². The van der Waals surface area contributed by atoms with E-state index in [1.807, 2.05) is 20.8 Å². The maximum atomic E-state index is 13.7. The second kappa shape index (κ2) is 4.12. The molecule has 0 radical (unpaired) electrons. The zero-order chi connectivity index (χ0) is 13.5. The fourth-order valence-corrected chi connectivity index (χ4v) is 1.62. The predicted octanol–water partition coefficient (Wildman–Crippen LogP) is 2.68. The van der Waals surface area contributed by atoms with Crippen molar-refractivity contribution >= 4 is 0 Å². The summed E-state index contributed by atoms with van der Waals surface area (Å²) in [5.41, 5.74) is -0.356. The molecule has 0 aliphatic carbocycles. The summed E-state index contributed by atoms with van der Waals surface area (Å²) in [5.74, 6) is -0.634. The van der Waals surface area contributed by atoms with Crippen LogP contribution in [-0.2, 0) is 5.54 Å². The molecule has 0 saturated carbocycles. The fraction of sp³-hybridized carbons (Fsp3) is 0.417. The highest BCUT2D eigenvalue weighted by Crippen LogP contribution is 2.24. The molecule has 0 amide bonds. The quantitative estimate of drug-likeness (QED) is 0.783. The highest BCUT2D eigenvalue weighted by Gasteiger charge is 2.23. The van der Waals surface area contributed by atoms with Gasteiger partial charge in [0.1, 0.15) is 17.3 Å². The van der Waals surface area contributed by atoms with E-state index in [4.69, 9.17) is 0 Å². The normalized spacial score (nSPS) is 11.9. The number of hydrogen-bond donors (Lipinski definition) is 0. The molecule has 0 aliphatic rings. The van der Waals surface area contributed by atoms with Gasteiger partial charge in [0.2, 0.25) is 0 Å². The summed E-state index contributed by atoms with van der Waals surface area (Å²) in [4.78, 5) is 7.93. The molecular formula is C12H14F2N4. The molecule has 0 fully saturated rings. The molecule has 4 nitrogen and oxygen atoms in total. The van der Waals surface area contributed by atoms with Gasteiger partial charge in [-0.3, -0.25) is 0 Å². The highest BCUT2D eigenvalue weighted by atomic mass is 19.1. The Morgan fingerprint density at radius 3 is 2.44 bits per heavy atom. The van der Waals surface area contributed by atoms with Crippen LogP contribution in [0.25, 0.3) is 11.5 Å². The van der Waals surface area contributed by atoms with E-state index < -0.39 is 11.6 Å². The van der Waals surface area contributed by atoms with E-state index in [0.717, 1.165) is 12.3 Å². The molecule has 0 bridgehead atoms. The number of hydrogen-bond acceptors (Lipinski definition) is 3. The smallest absolute Gasteiger partial charge is 0.180 e. The van der Waals surface area contributed by atoms with Gasteiger partial charge in [-0.15, -0.1) is 0 Å². The first-order valence-corrected chi connectivity index (χ1v) is 5.54. The first-order chi connectivity index (χ1) is 8.29. The summed E-state index contributed by atoms with van der Waals surface area (Å²) >= 11 is 0. The molecule has 6 heteroatoms. The SMILES string of the molecule is Cc1nc(-c2ncc(F)cc2F)n(C(C)(C)C)n1. The first-order valence-electron chi connectivity index (χ1n) is 5.54. The summed E-state index contributed by atoms with van der Waals surface area (Å²) in [6, 6.07) is 0.791. The lowest BCUT2D eigenvalue weighted by molar-refractivity contribution is 0.357. The standard InChI is InChI=1S/C12H14F2N4/c1-7-16-11(18(17-7)12(2,3)4)10-9(14)5-8(13)6-15-10/h5-6H,1-4H3. The Balaban J connectivity index is 2.64. The van der Waals surface area contributed by atoms with Gasteiger partial charge in [0, 0.05) is 6.07 Å². The lowest BCUT2D eigenvalue weighted by Crippen LogP contribution is -2.24. The van der Waals surface area contributed by atoms with Crippen LogP contribution in [-0.4, -0.2) is 19.7 Å². The lowest BCUT2D eigenvalue weighted by Gasteiger charge is -2.20. The van der Waals surface area contributed by atoms with Crippen molar-refractivity contribution in [2.24, 2.45) is 0 Å². The number of aromatic nitrogens is 4. The summed E-state index contributed by atoms with van der Waals surface area (Å²) in [6.07, 6.45) is 0.968. The molecule has 2 rings (SSSR count). The third-order valence-corrected chi connectivity index (χ3v) is 2.37. The van der Waals surface area contributed by atoms with Gasteiger partial charge in [-0.25, -0.2) is 23.4 Å². The minimum Gasteiger partial charge on any atom is -0.247 e. The maximum Gasteiger partial charge on any atom is 0.180 e. The Morgan fingerprint density at radius 1 is 1.22 bits per heavy atom. The predicted molar refractivity (Wildman–Crippen MR) is 62.9 cm³/mol. The van der Waals surface area contributed by atoms with Gasteiger partial charge in [-0.05, 0) is 27.7 Å². The highest BCUT2D eigenvalue weighted by molar-refractivity contribution is 5.50. The Kier molecular flexibility index (Phi) is 2.88. The molecule has 0 aliphatic heterocycles. The third kappa shape index (κ3) is 2.23. The second-order valence-corrected chi connectivity index (χ2v) is 5.05. The molecule has 2 aromatic rings. The number of pyridine rings is 1. The van der Waals surface area contributed by atoms with Crippen molar-refractivity contribution in [2.75, 3.05) is 0 Å². The first kappa shape index (κ1) is 12.6. The summed E-state index contributed by atoms with van der Waals surface area (Å²) in [6.45, 7) is 7.48. The molecule has 18 heavy (non-hydrogen) atoms. The number of halogens is 2. The van der Waals surface area contributed by atoms with E-state index in [1.165, 1.54) is 0 Å².